The van der Waals surface area contributed by atoms with Gasteiger partial charge >= 0.3 is 0 Å². The molecule has 0 saturated heterocycles. The summed E-state index contributed by atoms with van der Waals surface area (Å²) in [6.07, 6.45) is 1.41. The Morgan fingerprint density at radius 2 is 2.00 bits per heavy atom. The highest BCUT2D eigenvalue weighted by atomic mass is 32.2. The zero-order chi connectivity index (χ0) is 21.8. The molecule has 10 nitrogen and oxygen atoms in total. The smallest absolute Gasteiger partial charge is 0.271 e. The summed E-state index contributed by atoms with van der Waals surface area (Å²) in [4.78, 5) is 31.2. The zero-order valence-corrected chi connectivity index (χ0v) is 17.2. The Balaban J connectivity index is 1.44. The van der Waals surface area contributed by atoms with Gasteiger partial charge in [-0.25, -0.2) is 14.6 Å². The van der Waals surface area contributed by atoms with Crippen LogP contribution in [0.25, 0.3) is 11.2 Å². The fourth-order valence-electron chi connectivity index (χ4n) is 2.88. The van der Waals surface area contributed by atoms with E-state index in [1.54, 1.807) is 10.7 Å². The number of rotatable bonds is 7. The van der Waals surface area contributed by atoms with Crippen molar-refractivity contribution in [1.29, 1.82) is 0 Å². The largest absolute Gasteiger partial charge is 0.325 e. The fourth-order valence-corrected chi connectivity index (χ4v) is 3.61. The van der Waals surface area contributed by atoms with Crippen LogP contribution in [-0.2, 0) is 11.3 Å². The zero-order valence-electron chi connectivity index (χ0n) is 16.4. The monoisotopic (exact) mass is 435 g/mol. The van der Waals surface area contributed by atoms with Crippen molar-refractivity contribution in [1.82, 2.24) is 25.0 Å². The maximum absolute atomic E-state index is 12.3. The Morgan fingerprint density at radius 1 is 1.19 bits per heavy atom. The van der Waals surface area contributed by atoms with Gasteiger partial charge in [0.1, 0.15) is 11.4 Å². The summed E-state index contributed by atoms with van der Waals surface area (Å²) in [7, 11) is 0. The molecule has 156 valence electrons. The molecule has 0 aliphatic heterocycles. The van der Waals surface area contributed by atoms with E-state index >= 15 is 0 Å². The molecule has 2 aromatic heterocycles. The average molecular weight is 435 g/mol. The van der Waals surface area contributed by atoms with Crippen molar-refractivity contribution in [2.24, 2.45) is 0 Å². The van der Waals surface area contributed by atoms with Crippen LogP contribution in [0.3, 0.4) is 0 Å². The van der Waals surface area contributed by atoms with Gasteiger partial charge in [-0.2, -0.15) is 0 Å². The van der Waals surface area contributed by atoms with Crippen molar-refractivity contribution in [3.63, 3.8) is 0 Å². The van der Waals surface area contributed by atoms with Crippen molar-refractivity contribution in [3.05, 3.63) is 76.1 Å². The Hall–Kier alpha value is -3.86. The van der Waals surface area contributed by atoms with E-state index in [1.165, 1.54) is 41.9 Å². The van der Waals surface area contributed by atoms with Gasteiger partial charge < -0.3 is 5.32 Å². The van der Waals surface area contributed by atoms with Gasteiger partial charge in [0.05, 0.1) is 17.2 Å². The molecule has 1 amide bonds. The second-order valence-electron chi connectivity index (χ2n) is 6.73. The number of hydrogen-bond acceptors (Lipinski definition) is 8. The first-order chi connectivity index (χ1) is 15.0. The number of aryl methyl sites for hydroxylation is 1. The second kappa shape index (κ2) is 8.88. The van der Waals surface area contributed by atoms with Crippen molar-refractivity contribution in [2.75, 3.05) is 11.1 Å². The Labute approximate surface area is 180 Å². The molecule has 0 bridgehead atoms. The van der Waals surface area contributed by atoms with Crippen LogP contribution in [0.5, 0.6) is 0 Å². The summed E-state index contributed by atoms with van der Waals surface area (Å²) in [6, 6.07) is 13.9. The molecule has 0 spiro atoms. The lowest BCUT2D eigenvalue weighted by Crippen LogP contribution is -2.14. The molecule has 0 atom stereocenters. The highest BCUT2D eigenvalue weighted by Crippen LogP contribution is 2.23. The van der Waals surface area contributed by atoms with Crippen LogP contribution in [0.1, 0.15) is 11.1 Å². The number of benzene rings is 2. The van der Waals surface area contributed by atoms with Gasteiger partial charge in [-0.3, -0.25) is 14.9 Å². The third-order valence-corrected chi connectivity index (χ3v) is 5.38. The lowest BCUT2D eigenvalue weighted by atomic mass is 10.1. The molecule has 4 aromatic rings. The minimum atomic E-state index is -0.512. The third kappa shape index (κ3) is 4.83. The molecule has 1 N–H and O–H groups in total. The van der Waals surface area contributed by atoms with Crippen LogP contribution in [0.2, 0.25) is 0 Å². The van der Waals surface area contributed by atoms with E-state index in [0.717, 1.165) is 5.56 Å². The average Bonchev–Trinajstić information content (AvgIpc) is 3.17. The molecule has 0 unspecified atom stereocenters. The van der Waals surface area contributed by atoms with E-state index in [9.17, 15) is 14.9 Å². The number of hydrogen-bond donors (Lipinski definition) is 1. The molecule has 0 aliphatic rings. The number of amides is 1. The second-order valence-corrected chi connectivity index (χ2v) is 7.69. The molecule has 0 aliphatic carbocycles. The summed E-state index contributed by atoms with van der Waals surface area (Å²) >= 11 is 1.20. The standard InChI is InChI=1S/C20H17N7O3S/c1-13-5-7-14(8-6-13)10-26-19-18(24-25-26)20(22-12-21-19)31-11-17(28)23-15-3-2-4-16(9-15)27(29)30/h2-9,12H,10-11H2,1H3,(H,23,28). The number of carbonyl (C=O) groups excluding carboxylic acids is 1. The molecular weight excluding hydrogens is 418 g/mol. The van der Waals surface area contributed by atoms with Crippen molar-refractivity contribution < 1.29 is 9.72 Å². The van der Waals surface area contributed by atoms with E-state index in [1.807, 2.05) is 31.2 Å². The SMILES string of the molecule is Cc1ccc(Cn2nnc3c(SCC(=O)Nc4cccc([N+](=O)[O-])c4)ncnc32)cc1. The molecular formula is C20H17N7O3S. The summed E-state index contributed by atoms with van der Waals surface area (Å²) in [6.45, 7) is 2.55. The number of non-ortho nitro benzene ring substituents is 1. The van der Waals surface area contributed by atoms with Gasteiger partial charge in [0.2, 0.25) is 5.91 Å². The van der Waals surface area contributed by atoms with Gasteiger partial charge in [0.25, 0.3) is 5.69 Å². The number of nitrogens with zero attached hydrogens (tertiary/aromatic N) is 6. The third-order valence-electron chi connectivity index (χ3n) is 4.40. The normalized spacial score (nSPS) is 10.9. The highest BCUT2D eigenvalue weighted by molar-refractivity contribution is 8.00. The van der Waals surface area contributed by atoms with Crippen LogP contribution < -0.4 is 5.32 Å². The van der Waals surface area contributed by atoms with Gasteiger partial charge in [0.15, 0.2) is 11.2 Å². The first-order valence-corrected chi connectivity index (χ1v) is 10.2. The topological polar surface area (TPSA) is 129 Å². The molecule has 0 radical (unpaired) electrons. The Kier molecular flexibility index (Phi) is 5.85. The van der Waals surface area contributed by atoms with Crippen LogP contribution in [0.4, 0.5) is 11.4 Å². The number of carbonyl (C=O) groups is 1. The quantitative estimate of drug-likeness (QED) is 0.203. The van der Waals surface area contributed by atoms with Crippen molar-refractivity contribution >= 4 is 40.2 Å². The van der Waals surface area contributed by atoms with E-state index in [0.29, 0.717) is 28.4 Å². The lowest BCUT2D eigenvalue weighted by molar-refractivity contribution is -0.384. The fraction of sp³-hybridized carbons (Fsp3) is 0.150. The molecule has 2 heterocycles. The minimum absolute atomic E-state index is 0.0552. The number of fused-ring (bicyclic) bond motifs is 1. The Morgan fingerprint density at radius 3 is 2.77 bits per heavy atom. The number of nitro groups is 1. The first kappa shape index (κ1) is 20.4. The molecule has 0 saturated carbocycles. The van der Waals surface area contributed by atoms with Crippen molar-refractivity contribution in [3.8, 4) is 0 Å². The highest BCUT2D eigenvalue weighted by Gasteiger charge is 2.15. The molecule has 11 heteroatoms. The van der Waals surface area contributed by atoms with Crippen LogP contribution in [0, 0.1) is 17.0 Å². The van der Waals surface area contributed by atoms with E-state index in [4.69, 9.17) is 0 Å². The number of anilines is 1. The first-order valence-electron chi connectivity index (χ1n) is 9.26. The number of nitrogens with one attached hydrogen (secondary N) is 1. The van der Waals surface area contributed by atoms with Gasteiger partial charge in [-0.1, -0.05) is 52.9 Å². The minimum Gasteiger partial charge on any atom is -0.325 e. The number of aromatic nitrogens is 5. The maximum atomic E-state index is 12.3. The predicted molar refractivity (Wildman–Crippen MR) is 116 cm³/mol. The maximum Gasteiger partial charge on any atom is 0.271 e. The molecule has 31 heavy (non-hydrogen) atoms. The van der Waals surface area contributed by atoms with Gasteiger partial charge in [-0.05, 0) is 18.6 Å². The Bertz CT molecular complexity index is 1260. The van der Waals surface area contributed by atoms with Crippen LogP contribution in [0.15, 0.2) is 59.9 Å². The lowest BCUT2D eigenvalue weighted by Gasteiger charge is -2.05. The molecule has 2 aromatic carbocycles. The summed E-state index contributed by atoms with van der Waals surface area (Å²) < 4.78 is 1.69. The van der Waals surface area contributed by atoms with E-state index in [2.05, 4.69) is 25.6 Å². The van der Waals surface area contributed by atoms with Crippen LogP contribution in [-0.4, -0.2) is 41.5 Å². The summed E-state index contributed by atoms with van der Waals surface area (Å²) in [5.41, 5.74) is 3.61. The summed E-state index contributed by atoms with van der Waals surface area (Å²) in [5, 5.41) is 22.4. The van der Waals surface area contributed by atoms with Gasteiger partial charge in [-0.15, -0.1) is 5.10 Å². The van der Waals surface area contributed by atoms with Crippen LogP contribution >= 0.6 is 11.8 Å². The summed E-state index contributed by atoms with van der Waals surface area (Å²) in [5.74, 6) is -0.260. The van der Waals surface area contributed by atoms with E-state index < -0.39 is 4.92 Å². The van der Waals surface area contributed by atoms with Gasteiger partial charge in [0, 0.05) is 17.8 Å². The van der Waals surface area contributed by atoms with Crippen molar-refractivity contribution in [2.45, 2.75) is 18.5 Å². The molecule has 4 rings (SSSR count). The predicted octanol–water partition coefficient (Wildman–Crippen LogP) is 3.22. The molecule has 0 fully saturated rings. The van der Waals surface area contributed by atoms with E-state index in [-0.39, 0.29) is 17.3 Å². The number of thioether (sulfide) groups is 1. The number of nitro benzene ring substituents is 1.